The van der Waals surface area contributed by atoms with Crippen molar-refractivity contribution < 1.29 is 13.9 Å². The molecule has 2 rings (SSSR count). The maximum atomic E-state index is 12.0. The van der Waals surface area contributed by atoms with Gasteiger partial charge in [0, 0.05) is 20.2 Å². The molecule has 1 amide bonds. The Hall–Kier alpha value is -1.29. The number of rotatable bonds is 2. The molecule has 0 unspecified atom stereocenters. The lowest BCUT2D eigenvalue weighted by Gasteiger charge is -2.36. The molecule has 1 aromatic heterocycles. The summed E-state index contributed by atoms with van der Waals surface area (Å²) >= 11 is 0. The van der Waals surface area contributed by atoms with Crippen LogP contribution in [0.1, 0.15) is 23.7 Å². The fraction of sp³-hybridized carbons (Fsp3) is 0.583. The number of amides is 1. The van der Waals surface area contributed by atoms with Crippen molar-refractivity contribution in [2.45, 2.75) is 19.4 Å². The van der Waals surface area contributed by atoms with Crippen LogP contribution in [0, 0.1) is 5.92 Å². The fourth-order valence-electron chi connectivity index (χ4n) is 2.09. The first kappa shape index (κ1) is 11.2. The lowest BCUT2D eigenvalue weighted by atomic mass is 9.95. The van der Waals surface area contributed by atoms with Gasteiger partial charge in [0.15, 0.2) is 0 Å². The van der Waals surface area contributed by atoms with Gasteiger partial charge in [-0.25, -0.2) is 0 Å². The maximum Gasteiger partial charge on any atom is 0.257 e. The fourth-order valence-corrected chi connectivity index (χ4v) is 2.09. The molecule has 1 fully saturated rings. The van der Waals surface area contributed by atoms with Gasteiger partial charge in [0.05, 0.1) is 17.9 Å². The number of carbonyl (C=O) groups is 1. The third-order valence-corrected chi connectivity index (χ3v) is 3.25. The Morgan fingerprint density at radius 1 is 1.62 bits per heavy atom. The number of methoxy groups -OCH3 is 1. The van der Waals surface area contributed by atoms with E-state index in [0.717, 1.165) is 13.0 Å². The first-order chi connectivity index (χ1) is 7.72. The third-order valence-electron chi connectivity index (χ3n) is 3.25. The number of hydrogen-bond donors (Lipinski definition) is 0. The topological polar surface area (TPSA) is 42.7 Å². The summed E-state index contributed by atoms with van der Waals surface area (Å²) in [6, 6.07) is 1.70. The van der Waals surface area contributed by atoms with Crippen molar-refractivity contribution in [2.75, 3.05) is 20.2 Å². The zero-order chi connectivity index (χ0) is 11.5. The van der Waals surface area contributed by atoms with E-state index in [2.05, 4.69) is 6.92 Å². The molecule has 4 heteroatoms. The first-order valence-corrected chi connectivity index (χ1v) is 5.56. The minimum atomic E-state index is 0.0303. The van der Waals surface area contributed by atoms with Crippen LogP contribution in [-0.2, 0) is 4.74 Å². The van der Waals surface area contributed by atoms with Crippen molar-refractivity contribution in [1.82, 2.24) is 4.90 Å². The number of ether oxygens (including phenoxy) is 1. The number of hydrogen-bond acceptors (Lipinski definition) is 3. The number of carbonyl (C=O) groups excluding carboxylic acids is 1. The van der Waals surface area contributed by atoms with Crippen molar-refractivity contribution in [2.24, 2.45) is 5.92 Å². The monoisotopic (exact) mass is 223 g/mol. The number of furan rings is 1. The summed E-state index contributed by atoms with van der Waals surface area (Å²) < 4.78 is 10.3. The molecule has 0 N–H and O–H groups in total. The first-order valence-electron chi connectivity index (χ1n) is 5.56. The average Bonchev–Trinajstić information content (AvgIpc) is 2.82. The van der Waals surface area contributed by atoms with Crippen LogP contribution in [0.2, 0.25) is 0 Å². The van der Waals surface area contributed by atoms with Gasteiger partial charge in [0.25, 0.3) is 5.91 Å². The van der Waals surface area contributed by atoms with E-state index >= 15 is 0 Å². The van der Waals surface area contributed by atoms with E-state index < -0.39 is 0 Å². The predicted octanol–water partition coefficient (Wildman–Crippen LogP) is 1.78. The summed E-state index contributed by atoms with van der Waals surface area (Å²) in [5.74, 6) is 0.543. The van der Waals surface area contributed by atoms with Crippen molar-refractivity contribution in [1.29, 1.82) is 0 Å². The van der Waals surface area contributed by atoms with Crippen LogP contribution in [0.4, 0.5) is 0 Å². The zero-order valence-corrected chi connectivity index (χ0v) is 9.68. The van der Waals surface area contributed by atoms with Crippen LogP contribution in [0.15, 0.2) is 23.0 Å². The maximum absolute atomic E-state index is 12.0. The molecule has 2 heterocycles. The van der Waals surface area contributed by atoms with E-state index in [1.807, 2.05) is 4.90 Å². The number of piperidine rings is 1. The Kier molecular flexibility index (Phi) is 3.29. The summed E-state index contributed by atoms with van der Waals surface area (Å²) in [5, 5.41) is 0. The van der Waals surface area contributed by atoms with E-state index in [-0.39, 0.29) is 12.0 Å². The van der Waals surface area contributed by atoms with Crippen molar-refractivity contribution in [3.8, 4) is 0 Å². The van der Waals surface area contributed by atoms with Crippen LogP contribution in [-0.4, -0.2) is 37.1 Å². The normalized spacial score (nSPS) is 25.8. The van der Waals surface area contributed by atoms with Gasteiger partial charge in [0.2, 0.25) is 0 Å². The van der Waals surface area contributed by atoms with Gasteiger partial charge in [0.1, 0.15) is 6.26 Å². The van der Waals surface area contributed by atoms with Gasteiger partial charge in [-0.15, -0.1) is 0 Å². The minimum absolute atomic E-state index is 0.0303. The van der Waals surface area contributed by atoms with E-state index in [1.54, 1.807) is 13.2 Å². The van der Waals surface area contributed by atoms with Crippen molar-refractivity contribution in [3.05, 3.63) is 24.2 Å². The minimum Gasteiger partial charge on any atom is -0.472 e. The Bertz CT molecular complexity index is 347. The third kappa shape index (κ3) is 2.11. The van der Waals surface area contributed by atoms with Crippen LogP contribution in [0.5, 0.6) is 0 Å². The summed E-state index contributed by atoms with van der Waals surface area (Å²) in [4.78, 5) is 13.9. The summed E-state index contributed by atoms with van der Waals surface area (Å²) in [6.45, 7) is 3.63. The van der Waals surface area contributed by atoms with Gasteiger partial charge in [-0.1, -0.05) is 6.92 Å². The molecule has 16 heavy (non-hydrogen) atoms. The van der Waals surface area contributed by atoms with Crippen LogP contribution in [0.25, 0.3) is 0 Å². The average molecular weight is 223 g/mol. The molecule has 0 radical (unpaired) electrons. The lowest BCUT2D eigenvalue weighted by molar-refractivity contribution is -0.00158. The van der Waals surface area contributed by atoms with E-state index in [1.165, 1.54) is 12.5 Å². The number of nitrogens with zero attached hydrogens (tertiary/aromatic N) is 1. The second-order valence-corrected chi connectivity index (χ2v) is 4.30. The molecular formula is C12H17NO3. The molecule has 1 saturated heterocycles. The molecule has 1 aliphatic rings. The Labute approximate surface area is 95.2 Å². The molecule has 88 valence electrons. The SMILES string of the molecule is CO[C@@H]1CN(C(=O)c2ccoc2)CC[C@@H]1C. The summed E-state index contributed by atoms with van der Waals surface area (Å²) in [5.41, 5.74) is 0.615. The molecule has 0 saturated carbocycles. The van der Waals surface area contributed by atoms with E-state index in [4.69, 9.17) is 9.15 Å². The van der Waals surface area contributed by atoms with Gasteiger partial charge in [-0.05, 0) is 18.4 Å². The van der Waals surface area contributed by atoms with Crippen molar-refractivity contribution >= 4 is 5.91 Å². The molecule has 1 aliphatic heterocycles. The van der Waals surface area contributed by atoms with Crippen LogP contribution < -0.4 is 0 Å². The molecule has 1 aromatic rings. The van der Waals surface area contributed by atoms with E-state index in [9.17, 15) is 4.79 Å². The zero-order valence-electron chi connectivity index (χ0n) is 9.68. The quantitative estimate of drug-likeness (QED) is 0.767. The van der Waals surface area contributed by atoms with Crippen LogP contribution >= 0.6 is 0 Å². The highest BCUT2D eigenvalue weighted by Gasteiger charge is 2.29. The second kappa shape index (κ2) is 4.70. The molecule has 0 aromatic carbocycles. The molecular weight excluding hydrogens is 206 g/mol. The van der Waals surface area contributed by atoms with Gasteiger partial charge >= 0.3 is 0 Å². The lowest BCUT2D eigenvalue weighted by Crippen LogP contribution is -2.46. The molecule has 0 aliphatic carbocycles. The standard InChI is InChI=1S/C12H17NO3/c1-9-3-5-13(7-11(9)15-2)12(14)10-4-6-16-8-10/h4,6,8-9,11H,3,5,7H2,1-2H3/t9-,11+/m0/s1. The van der Waals surface area contributed by atoms with Gasteiger partial charge in [-0.2, -0.15) is 0 Å². The van der Waals surface area contributed by atoms with Gasteiger partial charge < -0.3 is 14.1 Å². The molecule has 0 bridgehead atoms. The molecule has 4 nitrogen and oxygen atoms in total. The summed E-state index contributed by atoms with van der Waals surface area (Å²) in [7, 11) is 1.70. The predicted molar refractivity (Wildman–Crippen MR) is 59.2 cm³/mol. The smallest absolute Gasteiger partial charge is 0.257 e. The highest BCUT2D eigenvalue weighted by Crippen LogP contribution is 2.21. The van der Waals surface area contributed by atoms with Crippen LogP contribution in [0.3, 0.4) is 0 Å². The Morgan fingerprint density at radius 2 is 2.44 bits per heavy atom. The van der Waals surface area contributed by atoms with Gasteiger partial charge in [-0.3, -0.25) is 4.79 Å². The molecule has 2 atom stereocenters. The highest BCUT2D eigenvalue weighted by atomic mass is 16.5. The Morgan fingerprint density at radius 3 is 3.06 bits per heavy atom. The van der Waals surface area contributed by atoms with Crippen molar-refractivity contribution in [3.63, 3.8) is 0 Å². The summed E-state index contributed by atoms with van der Waals surface area (Å²) in [6.07, 6.45) is 4.14. The molecule has 0 spiro atoms. The Balaban J connectivity index is 2.03. The largest absolute Gasteiger partial charge is 0.472 e. The second-order valence-electron chi connectivity index (χ2n) is 4.30. The highest BCUT2D eigenvalue weighted by molar-refractivity contribution is 5.93. The number of likely N-dealkylation sites (tertiary alicyclic amines) is 1. The van der Waals surface area contributed by atoms with E-state index in [0.29, 0.717) is 18.0 Å².